The van der Waals surface area contributed by atoms with Crippen LogP contribution in [0.1, 0.15) is 26.5 Å². The zero-order valence-electron chi connectivity index (χ0n) is 12.5. The molecule has 0 atom stereocenters. The Morgan fingerprint density at radius 2 is 1.88 bits per heavy atom. The van der Waals surface area contributed by atoms with Crippen LogP contribution in [-0.4, -0.2) is 33.4 Å². The maximum Gasteiger partial charge on any atom is 0.416 e. The van der Waals surface area contributed by atoms with Gasteiger partial charge in [0.25, 0.3) is 5.91 Å². The highest BCUT2D eigenvalue weighted by Gasteiger charge is 2.30. The number of hydrogen-bond acceptors (Lipinski definition) is 4. The molecule has 0 saturated carbocycles. The molecule has 0 aliphatic rings. The van der Waals surface area contributed by atoms with Gasteiger partial charge in [-0.1, -0.05) is 12.1 Å². The Morgan fingerprint density at radius 1 is 1.25 bits per heavy atom. The summed E-state index contributed by atoms with van der Waals surface area (Å²) in [5.74, 6) is -1.73. The number of alkyl halides is 3. The number of nitrogens with zero attached hydrogens (tertiary/aromatic N) is 2. The Kier molecular flexibility index (Phi) is 5.23. The third kappa shape index (κ3) is 4.31. The molecular weight excluding hydrogens is 345 g/mol. The normalized spacial score (nSPS) is 11.3. The smallest absolute Gasteiger partial charge is 0.416 e. The molecule has 5 nitrogen and oxygen atoms in total. The van der Waals surface area contributed by atoms with Crippen LogP contribution < -0.4 is 0 Å². The van der Waals surface area contributed by atoms with E-state index in [1.54, 1.807) is 6.92 Å². The van der Waals surface area contributed by atoms with Crippen molar-refractivity contribution in [3.63, 3.8) is 0 Å². The lowest BCUT2D eigenvalue weighted by Gasteiger charge is -2.20. The van der Waals surface area contributed by atoms with Crippen LogP contribution in [0.25, 0.3) is 0 Å². The van der Waals surface area contributed by atoms with Gasteiger partial charge in [0.2, 0.25) is 0 Å². The fourth-order valence-electron chi connectivity index (χ4n) is 2.03. The van der Waals surface area contributed by atoms with E-state index in [1.165, 1.54) is 17.6 Å². The van der Waals surface area contributed by atoms with Gasteiger partial charge < -0.3 is 10.0 Å². The van der Waals surface area contributed by atoms with E-state index in [4.69, 9.17) is 5.11 Å². The predicted molar refractivity (Wildman–Crippen MR) is 80.7 cm³/mol. The number of carboxylic acids is 1. The lowest BCUT2D eigenvalue weighted by atomic mass is 10.1. The molecule has 1 heterocycles. The molecular formula is C15H13F3N2O3S. The average Bonchev–Trinajstić information content (AvgIpc) is 2.91. The summed E-state index contributed by atoms with van der Waals surface area (Å²) in [5.41, 5.74) is 1.55. The van der Waals surface area contributed by atoms with Gasteiger partial charge in [0.15, 0.2) is 0 Å². The maximum absolute atomic E-state index is 12.6. The molecule has 0 saturated heterocycles. The van der Waals surface area contributed by atoms with Gasteiger partial charge in [0.05, 0.1) is 16.8 Å². The predicted octanol–water partition coefficient (Wildman–Crippen LogP) is 3.20. The second-order valence-corrected chi connectivity index (χ2v) is 5.87. The lowest BCUT2D eigenvalue weighted by molar-refractivity contribution is -0.138. The highest BCUT2D eigenvalue weighted by atomic mass is 32.1. The minimum absolute atomic E-state index is 0.111. The van der Waals surface area contributed by atoms with Gasteiger partial charge in [-0.15, -0.1) is 11.3 Å². The van der Waals surface area contributed by atoms with Gasteiger partial charge in [0.1, 0.15) is 11.4 Å². The number of halogens is 3. The minimum Gasteiger partial charge on any atom is -0.480 e. The van der Waals surface area contributed by atoms with Crippen LogP contribution in [0.2, 0.25) is 0 Å². The van der Waals surface area contributed by atoms with Gasteiger partial charge >= 0.3 is 12.1 Å². The largest absolute Gasteiger partial charge is 0.480 e. The zero-order chi connectivity index (χ0) is 17.9. The number of aromatic nitrogens is 1. The number of aliphatic carboxylic acids is 1. The molecule has 1 N–H and O–H groups in total. The third-order valence-electron chi connectivity index (χ3n) is 3.21. The number of hydrogen-bond donors (Lipinski definition) is 1. The van der Waals surface area contributed by atoms with Crippen molar-refractivity contribution in [2.45, 2.75) is 19.6 Å². The van der Waals surface area contributed by atoms with Crippen LogP contribution in [0.5, 0.6) is 0 Å². The Bertz CT molecular complexity index is 741. The van der Waals surface area contributed by atoms with Gasteiger partial charge in [-0.3, -0.25) is 9.59 Å². The molecule has 24 heavy (non-hydrogen) atoms. The van der Waals surface area contributed by atoms with Crippen molar-refractivity contribution >= 4 is 23.2 Å². The van der Waals surface area contributed by atoms with Gasteiger partial charge in [-0.2, -0.15) is 13.2 Å². The average molecular weight is 358 g/mol. The highest BCUT2D eigenvalue weighted by Crippen LogP contribution is 2.29. The van der Waals surface area contributed by atoms with E-state index >= 15 is 0 Å². The number of carbonyl (C=O) groups is 2. The van der Waals surface area contributed by atoms with Gasteiger partial charge in [-0.25, -0.2) is 4.98 Å². The Balaban J connectivity index is 2.21. The fraction of sp³-hybridized carbons (Fsp3) is 0.267. The third-order valence-corrected chi connectivity index (χ3v) is 4.12. The van der Waals surface area contributed by atoms with E-state index in [2.05, 4.69) is 4.98 Å². The molecule has 1 aromatic carbocycles. The van der Waals surface area contributed by atoms with Crippen molar-refractivity contribution in [1.82, 2.24) is 9.88 Å². The Morgan fingerprint density at radius 3 is 2.33 bits per heavy atom. The molecule has 0 fully saturated rings. The molecule has 9 heteroatoms. The van der Waals surface area contributed by atoms with Crippen LogP contribution in [0.15, 0.2) is 29.8 Å². The molecule has 1 amide bonds. The Hall–Kier alpha value is -2.42. The van der Waals surface area contributed by atoms with E-state index in [0.29, 0.717) is 16.1 Å². The number of carbonyl (C=O) groups excluding carboxylic acids is 1. The lowest BCUT2D eigenvalue weighted by Crippen LogP contribution is -2.35. The number of thiazole rings is 1. The first-order valence-corrected chi connectivity index (χ1v) is 7.63. The topological polar surface area (TPSA) is 70.5 Å². The van der Waals surface area contributed by atoms with Crippen molar-refractivity contribution in [2.75, 3.05) is 6.54 Å². The van der Waals surface area contributed by atoms with E-state index in [1.807, 2.05) is 0 Å². The molecule has 1 aromatic heterocycles. The summed E-state index contributed by atoms with van der Waals surface area (Å²) in [4.78, 5) is 28.7. The first-order valence-electron chi connectivity index (χ1n) is 6.75. The summed E-state index contributed by atoms with van der Waals surface area (Å²) in [5, 5.41) is 8.97. The molecule has 2 rings (SSSR count). The number of rotatable bonds is 5. The molecule has 128 valence electrons. The van der Waals surface area contributed by atoms with Crippen LogP contribution in [0.3, 0.4) is 0 Å². The Labute approximate surface area is 139 Å². The SMILES string of the molecule is Cc1ncsc1C(=O)N(CC(=O)O)Cc1ccc(C(F)(F)F)cc1. The molecule has 0 radical (unpaired) electrons. The fourth-order valence-corrected chi connectivity index (χ4v) is 2.80. The summed E-state index contributed by atoms with van der Waals surface area (Å²) < 4.78 is 37.7. The first kappa shape index (κ1) is 17.9. The summed E-state index contributed by atoms with van der Waals surface area (Å²) in [6.07, 6.45) is -4.45. The monoisotopic (exact) mass is 358 g/mol. The number of carboxylic acid groups (broad SMARTS) is 1. The minimum atomic E-state index is -4.45. The first-order chi connectivity index (χ1) is 11.2. The summed E-state index contributed by atoms with van der Waals surface area (Å²) in [7, 11) is 0. The highest BCUT2D eigenvalue weighted by molar-refractivity contribution is 7.11. The summed E-state index contributed by atoms with van der Waals surface area (Å²) in [6, 6.07) is 4.25. The van der Waals surface area contributed by atoms with Crippen molar-refractivity contribution in [3.8, 4) is 0 Å². The summed E-state index contributed by atoms with van der Waals surface area (Å²) in [6.45, 7) is 0.957. The van der Waals surface area contributed by atoms with Crippen molar-refractivity contribution < 1.29 is 27.9 Å². The van der Waals surface area contributed by atoms with Gasteiger partial charge in [0, 0.05) is 6.54 Å². The second kappa shape index (κ2) is 7.00. The van der Waals surface area contributed by atoms with Crippen LogP contribution in [0.4, 0.5) is 13.2 Å². The van der Waals surface area contributed by atoms with E-state index in [-0.39, 0.29) is 6.54 Å². The van der Waals surface area contributed by atoms with E-state index in [9.17, 15) is 22.8 Å². The van der Waals surface area contributed by atoms with Gasteiger partial charge in [-0.05, 0) is 24.6 Å². The quantitative estimate of drug-likeness (QED) is 0.891. The molecule has 0 aliphatic heterocycles. The molecule has 0 unspecified atom stereocenters. The maximum atomic E-state index is 12.6. The van der Waals surface area contributed by atoms with Crippen molar-refractivity contribution in [3.05, 3.63) is 51.5 Å². The van der Waals surface area contributed by atoms with E-state index in [0.717, 1.165) is 28.4 Å². The molecule has 0 spiro atoms. The molecule has 0 aliphatic carbocycles. The molecule has 0 bridgehead atoms. The number of benzene rings is 1. The standard InChI is InChI=1S/C15H13F3N2O3S/c1-9-13(24-8-19-9)14(23)20(7-12(21)22)6-10-2-4-11(5-3-10)15(16,17)18/h2-5,8H,6-7H2,1H3,(H,21,22). The zero-order valence-corrected chi connectivity index (χ0v) is 13.3. The number of aryl methyl sites for hydroxylation is 1. The number of amides is 1. The van der Waals surface area contributed by atoms with Crippen LogP contribution in [-0.2, 0) is 17.5 Å². The van der Waals surface area contributed by atoms with E-state index < -0.39 is 30.2 Å². The van der Waals surface area contributed by atoms with Crippen LogP contribution >= 0.6 is 11.3 Å². The second-order valence-electron chi connectivity index (χ2n) is 5.02. The van der Waals surface area contributed by atoms with Crippen molar-refractivity contribution in [2.24, 2.45) is 0 Å². The van der Waals surface area contributed by atoms with Crippen molar-refractivity contribution in [1.29, 1.82) is 0 Å². The summed E-state index contributed by atoms with van der Waals surface area (Å²) >= 11 is 1.09. The van der Waals surface area contributed by atoms with Crippen LogP contribution in [0, 0.1) is 6.92 Å². The molecule has 2 aromatic rings.